The Morgan fingerprint density at radius 1 is 0.889 bits per heavy atom. The Kier molecular flexibility index (Phi) is 9.46. The number of ether oxygens (including phenoxy) is 2. The first-order chi connectivity index (χ1) is 17.3. The molecule has 0 aliphatic heterocycles. The number of esters is 1. The summed E-state index contributed by atoms with van der Waals surface area (Å²) in [6.45, 7) is 4.24. The van der Waals surface area contributed by atoms with Gasteiger partial charge in [-0.1, -0.05) is 31.5 Å². The summed E-state index contributed by atoms with van der Waals surface area (Å²) < 4.78 is 38.5. The zero-order valence-electron chi connectivity index (χ0n) is 20.3. The Bertz CT molecular complexity index is 1240. The Labute approximate surface area is 211 Å². The van der Waals surface area contributed by atoms with Gasteiger partial charge in [-0.3, -0.25) is 9.10 Å². The fourth-order valence-electron chi connectivity index (χ4n) is 3.32. The second kappa shape index (κ2) is 12.7. The van der Waals surface area contributed by atoms with Crippen LogP contribution in [0.4, 0.5) is 11.4 Å². The molecule has 0 unspecified atom stereocenters. The third kappa shape index (κ3) is 7.08. The van der Waals surface area contributed by atoms with E-state index in [0.717, 1.165) is 17.1 Å². The third-order valence-electron chi connectivity index (χ3n) is 5.19. The van der Waals surface area contributed by atoms with Crippen molar-refractivity contribution >= 4 is 33.3 Å². The average Bonchev–Trinajstić information content (AvgIpc) is 2.89. The number of hydrogen-bond donors (Lipinski definition) is 1. The number of hydrogen-bond acceptors (Lipinski definition) is 6. The van der Waals surface area contributed by atoms with Crippen molar-refractivity contribution < 1.29 is 27.5 Å². The minimum Gasteiger partial charge on any atom is -0.494 e. The number of nitrogens with one attached hydrogen (secondary N) is 1. The molecular weight excluding hydrogens is 480 g/mol. The molecule has 0 aromatic heterocycles. The summed E-state index contributed by atoms with van der Waals surface area (Å²) in [4.78, 5) is 25.0. The lowest BCUT2D eigenvalue weighted by atomic mass is 10.2. The summed E-state index contributed by atoms with van der Waals surface area (Å²) in [5.74, 6) is -0.380. The van der Waals surface area contributed by atoms with Crippen LogP contribution >= 0.6 is 0 Å². The SMILES string of the molecule is CCCCOC(=O)c1ccc(NC(=O)CN(c2ccc(OCC)cc2)S(=O)(=O)c2ccccc2)cc1. The van der Waals surface area contributed by atoms with Crippen LogP contribution in [0.5, 0.6) is 5.75 Å². The van der Waals surface area contributed by atoms with Crippen molar-refractivity contribution in [1.82, 2.24) is 0 Å². The van der Waals surface area contributed by atoms with Crippen molar-refractivity contribution in [3.8, 4) is 5.75 Å². The summed E-state index contributed by atoms with van der Waals surface area (Å²) in [5, 5.41) is 2.69. The molecule has 1 amide bonds. The highest BCUT2D eigenvalue weighted by molar-refractivity contribution is 7.92. The fraction of sp³-hybridized carbons (Fsp3) is 0.259. The van der Waals surface area contributed by atoms with E-state index in [9.17, 15) is 18.0 Å². The number of unbranched alkanes of at least 4 members (excludes halogenated alkanes) is 1. The first-order valence-corrected chi connectivity index (χ1v) is 13.2. The van der Waals surface area contributed by atoms with E-state index in [1.165, 1.54) is 12.1 Å². The van der Waals surface area contributed by atoms with Crippen LogP contribution in [0.3, 0.4) is 0 Å². The molecular formula is C27H30N2O6S. The third-order valence-corrected chi connectivity index (χ3v) is 6.98. The summed E-state index contributed by atoms with van der Waals surface area (Å²) in [7, 11) is -4.03. The zero-order chi connectivity index (χ0) is 26.0. The van der Waals surface area contributed by atoms with Crippen molar-refractivity contribution in [2.75, 3.05) is 29.4 Å². The first-order valence-electron chi connectivity index (χ1n) is 11.7. The van der Waals surface area contributed by atoms with Gasteiger partial charge in [0.15, 0.2) is 0 Å². The number of rotatable bonds is 12. The van der Waals surface area contributed by atoms with E-state index < -0.39 is 28.4 Å². The second-order valence-electron chi connectivity index (χ2n) is 7.87. The zero-order valence-corrected chi connectivity index (χ0v) is 21.2. The fourth-order valence-corrected chi connectivity index (χ4v) is 4.77. The number of anilines is 2. The molecule has 9 heteroatoms. The minimum atomic E-state index is -4.03. The second-order valence-corrected chi connectivity index (χ2v) is 9.73. The Morgan fingerprint density at radius 2 is 1.56 bits per heavy atom. The lowest BCUT2D eigenvalue weighted by Gasteiger charge is -2.24. The van der Waals surface area contributed by atoms with Crippen LogP contribution in [0.15, 0.2) is 83.8 Å². The Hall–Kier alpha value is -3.85. The van der Waals surface area contributed by atoms with Crippen molar-refractivity contribution in [3.05, 3.63) is 84.4 Å². The molecule has 0 spiro atoms. The van der Waals surface area contributed by atoms with Crippen LogP contribution in [0.25, 0.3) is 0 Å². The molecule has 0 bridgehead atoms. The number of carbonyl (C=O) groups is 2. The van der Waals surface area contributed by atoms with Crippen molar-refractivity contribution in [2.45, 2.75) is 31.6 Å². The maximum absolute atomic E-state index is 13.4. The van der Waals surface area contributed by atoms with Crippen LogP contribution in [0.2, 0.25) is 0 Å². The van der Waals surface area contributed by atoms with E-state index in [1.54, 1.807) is 66.7 Å². The Morgan fingerprint density at radius 3 is 2.17 bits per heavy atom. The standard InChI is InChI=1S/C27H30N2O6S/c1-3-5-19-35-27(31)21-11-13-22(14-12-21)28-26(30)20-29(23-15-17-24(18-16-23)34-4-2)36(32,33)25-9-7-6-8-10-25/h6-18H,3-5,19-20H2,1-2H3,(H,28,30). The maximum Gasteiger partial charge on any atom is 0.338 e. The van der Waals surface area contributed by atoms with E-state index in [1.807, 2.05) is 13.8 Å². The van der Waals surface area contributed by atoms with Crippen LogP contribution < -0.4 is 14.4 Å². The predicted octanol–water partition coefficient (Wildman–Crippen LogP) is 4.88. The number of nitrogens with zero attached hydrogens (tertiary/aromatic N) is 1. The molecule has 8 nitrogen and oxygen atoms in total. The molecule has 0 radical (unpaired) electrons. The van der Waals surface area contributed by atoms with Crippen molar-refractivity contribution in [1.29, 1.82) is 0 Å². The molecule has 0 fully saturated rings. The van der Waals surface area contributed by atoms with Gasteiger partial charge in [0.05, 0.1) is 29.4 Å². The van der Waals surface area contributed by atoms with E-state index in [-0.39, 0.29) is 4.90 Å². The molecule has 190 valence electrons. The summed E-state index contributed by atoms with van der Waals surface area (Å²) >= 11 is 0. The molecule has 0 aliphatic rings. The molecule has 3 aromatic rings. The quantitative estimate of drug-likeness (QED) is 0.275. The van der Waals surface area contributed by atoms with Gasteiger partial charge in [-0.05, 0) is 74.0 Å². The van der Waals surface area contributed by atoms with E-state index >= 15 is 0 Å². The smallest absolute Gasteiger partial charge is 0.338 e. The molecule has 0 atom stereocenters. The van der Waals surface area contributed by atoms with Crippen LogP contribution in [-0.4, -0.2) is 40.1 Å². The molecule has 0 heterocycles. The predicted molar refractivity (Wildman–Crippen MR) is 139 cm³/mol. The van der Waals surface area contributed by atoms with Gasteiger partial charge in [0, 0.05) is 5.69 Å². The lowest BCUT2D eigenvalue weighted by Crippen LogP contribution is -2.38. The highest BCUT2D eigenvalue weighted by Gasteiger charge is 2.27. The molecule has 1 N–H and O–H groups in total. The van der Waals surface area contributed by atoms with Gasteiger partial charge in [0.25, 0.3) is 10.0 Å². The molecule has 0 saturated heterocycles. The van der Waals surface area contributed by atoms with Crippen LogP contribution in [0.1, 0.15) is 37.0 Å². The van der Waals surface area contributed by atoms with E-state index in [2.05, 4.69) is 5.32 Å². The van der Waals surface area contributed by atoms with E-state index in [4.69, 9.17) is 9.47 Å². The number of sulfonamides is 1. The van der Waals surface area contributed by atoms with Crippen LogP contribution in [0, 0.1) is 0 Å². The monoisotopic (exact) mass is 510 g/mol. The highest BCUT2D eigenvalue weighted by Crippen LogP contribution is 2.26. The van der Waals surface area contributed by atoms with E-state index in [0.29, 0.717) is 35.9 Å². The number of benzene rings is 3. The van der Waals surface area contributed by atoms with Gasteiger partial charge in [0.2, 0.25) is 5.91 Å². The summed E-state index contributed by atoms with van der Waals surface area (Å²) in [5.41, 5.74) is 1.11. The van der Waals surface area contributed by atoms with Crippen LogP contribution in [-0.2, 0) is 19.6 Å². The minimum absolute atomic E-state index is 0.0672. The maximum atomic E-state index is 13.4. The average molecular weight is 511 g/mol. The van der Waals surface area contributed by atoms with Gasteiger partial charge in [-0.25, -0.2) is 13.2 Å². The Balaban J connectivity index is 1.77. The lowest BCUT2D eigenvalue weighted by molar-refractivity contribution is -0.114. The van der Waals surface area contributed by atoms with Gasteiger partial charge in [0.1, 0.15) is 12.3 Å². The normalized spacial score (nSPS) is 10.9. The molecule has 3 rings (SSSR count). The van der Waals surface area contributed by atoms with Gasteiger partial charge in [-0.2, -0.15) is 0 Å². The number of carbonyl (C=O) groups excluding carboxylic acids is 2. The summed E-state index contributed by atoms with van der Waals surface area (Å²) in [6.07, 6.45) is 1.71. The van der Waals surface area contributed by atoms with Crippen molar-refractivity contribution in [2.24, 2.45) is 0 Å². The largest absolute Gasteiger partial charge is 0.494 e. The van der Waals surface area contributed by atoms with Gasteiger partial charge in [-0.15, -0.1) is 0 Å². The number of amides is 1. The molecule has 0 aliphatic carbocycles. The first kappa shape index (κ1) is 26.7. The highest BCUT2D eigenvalue weighted by atomic mass is 32.2. The van der Waals surface area contributed by atoms with Gasteiger partial charge < -0.3 is 14.8 Å². The topological polar surface area (TPSA) is 102 Å². The van der Waals surface area contributed by atoms with Crippen molar-refractivity contribution in [3.63, 3.8) is 0 Å². The van der Waals surface area contributed by atoms with Gasteiger partial charge >= 0.3 is 5.97 Å². The molecule has 3 aromatic carbocycles. The molecule has 36 heavy (non-hydrogen) atoms. The summed E-state index contributed by atoms with van der Waals surface area (Å²) in [6, 6.07) is 20.7. The molecule has 0 saturated carbocycles.